The van der Waals surface area contributed by atoms with Gasteiger partial charge in [0.1, 0.15) is 18.1 Å². The predicted molar refractivity (Wildman–Crippen MR) is 103 cm³/mol. The van der Waals surface area contributed by atoms with Gasteiger partial charge in [-0.05, 0) is 48.2 Å². The summed E-state index contributed by atoms with van der Waals surface area (Å²) in [5.74, 6) is 1.81. The first-order valence-corrected chi connectivity index (χ1v) is 9.01. The topological polar surface area (TPSA) is 69.3 Å². The third kappa shape index (κ3) is 4.78. The Morgan fingerprint density at radius 3 is 2.78 bits per heavy atom. The largest absolute Gasteiger partial charge is 0.485 e. The fourth-order valence-electron chi connectivity index (χ4n) is 2.79. The number of rotatable bonds is 7. The average Bonchev–Trinajstić information content (AvgIpc) is 3.26. The fraction of sp³-hybridized carbons (Fsp3) is 0.333. The fourth-order valence-corrected chi connectivity index (χ4v) is 2.79. The lowest BCUT2D eigenvalue weighted by molar-refractivity contribution is 0.0918. The van der Waals surface area contributed by atoms with E-state index in [1.54, 1.807) is 16.8 Å². The summed E-state index contributed by atoms with van der Waals surface area (Å²) in [5, 5.41) is 7.02. The van der Waals surface area contributed by atoms with Crippen molar-refractivity contribution in [2.75, 3.05) is 0 Å². The van der Waals surface area contributed by atoms with Crippen LogP contribution in [0.25, 0.3) is 0 Å². The van der Waals surface area contributed by atoms with Crippen molar-refractivity contribution in [3.63, 3.8) is 0 Å². The van der Waals surface area contributed by atoms with Crippen molar-refractivity contribution in [3.8, 4) is 5.75 Å². The van der Waals surface area contributed by atoms with Gasteiger partial charge in [0.2, 0.25) is 0 Å². The lowest BCUT2D eigenvalue weighted by Crippen LogP contribution is -2.22. The van der Waals surface area contributed by atoms with Gasteiger partial charge in [0.15, 0.2) is 5.76 Å². The van der Waals surface area contributed by atoms with Gasteiger partial charge in [-0.2, -0.15) is 5.10 Å². The Bertz CT molecular complexity index is 924. The van der Waals surface area contributed by atoms with Gasteiger partial charge < -0.3 is 14.5 Å². The maximum atomic E-state index is 12.2. The zero-order chi connectivity index (χ0) is 19.4. The third-order valence-corrected chi connectivity index (χ3v) is 4.25. The smallest absolute Gasteiger partial charge is 0.287 e. The Labute approximate surface area is 159 Å². The molecule has 0 aliphatic rings. The zero-order valence-corrected chi connectivity index (χ0v) is 16.2. The lowest BCUT2D eigenvalue weighted by Gasteiger charge is -2.14. The molecule has 0 atom stereocenters. The number of hydrogen-bond donors (Lipinski definition) is 1. The van der Waals surface area contributed by atoms with Crippen LogP contribution in [0.4, 0.5) is 0 Å². The number of hydrogen-bond acceptors (Lipinski definition) is 4. The molecule has 1 amide bonds. The van der Waals surface area contributed by atoms with Crippen molar-refractivity contribution < 1.29 is 13.9 Å². The predicted octanol–water partition coefficient (Wildman–Crippen LogP) is 3.95. The molecule has 2 heterocycles. The second kappa shape index (κ2) is 8.12. The second-order valence-electron chi connectivity index (χ2n) is 6.91. The molecule has 0 saturated heterocycles. The number of amides is 1. The van der Waals surface area contributed by atoms with Crippen LogP contribution in [0.3, 0.4) is 0 Å². The second-order valence-corrected chi connectivity index (χ2v) is 6.91. The number of furan rings is 1. The Balaban J connectivity index is 1.59. The van der Waals surface area contributed by atoms with Crippen LogP contribution in [0, 0.1) is 6.92 Å². The molecule has 142 valence electrons. The highest BCUT2D eigenvalue weighted by Gasteiger charge is 2.13. The van der Waals surface area contributed by atoms with Crippen LogP contribution in [0.15, 0.2) is 47.0 Å². The minimum absolute atomic E-state index is 0.262. The number of benzene rings is 1. The van der Waals surface area contributed by atoms with Gasteiger partial charge >= 0.3 is 0 Å². The van der Waals surface area contributed by atoms with Gasteiger partial charge in [0, 0.05) is 13.2 Å². The van der Waals surface area contributed by atoms with E-state index < -0.39 is 0 Å². The van der Waals surface area contributed by atoms with Crippen molar-refractivity contribution in [1.82, 2.24) is 15.1 Å². The Morgan fingerprint density at radius 2 is 2.07 bits per heavy atom. The van der Waals surface area contributed by atoms with Crippen LogP contribution in [-0.2, 0) is 20.2 Å². The molecule has 6 heteroatoms. The molecule has 6 nitrogen and oxygen atoms in total. The molecule has 0 fully saturated rings. The first-order chi connectivity index (χ1) is 12.9. The van der Waals surface area contributed by atoms with E-state index in [4.69, 9.17) is 9.15 Å². The molecule has 3 rings (SSSR count). The van der Waals surface area contributed by atoms with Gasteiger partial charge in [-0.25, -0.2) is 0 Å². The summed E-state index contributed by atoms with van der Waals surface area (Å²) in [6, 6.07) is 11.5. The molecule has 0 bridgehead atoms. The Morgan fingerprint density at radius 1 is 1.26 bits per heavy atom. The maximum Gasteiger partial charge on any atom is 0.287 e. The van der Waals surface area contributed by atoms with Crippen molar-refractivity contribution in [3.05, 3.63) is 70.9 Å². The molecule has 0 unspecified atom stereocenters. The molecular formula is C21H25N3O3. The number of carbonyl (C=O) groups is 1. The molecule has 0 aliphatic heterocycles. The van der Waals surface area contributed by atoms with Gasteiger partial charge in [-0.1, -0.05) is 26.0 Å². The van der Waals surface area contributed by atoms with E-state index in [0.717, 1.165) is 22.6 Å². The Kier molecular flexibility index (Phi) is 5.64. The first-order valence-electron chi connectivity index (χ1n) is 9.01. The normalized spacial score (nSPS) is 11.0. The molecule has 0 saturated carbocycles. The van der Waals surface area contributed by atoms with Crippen LogP contribution in [0.2, 0.25) is 0 Å². The van der Waals surface area contributed by atoms with E-state index in [1.165, 1.54) is 0 Å². The Hall–Kier alpha value is -3.02. The number of aromatic nitrogens is 2. The molecule has 0 aliphatic carbocycles. The van der Waals surface area contributed by atoms with Crippen LogP contribution >= 0.6 is 0 Å². The lowest BCUT2D eigenvalue weighted by atomic mass is 10.0. The van der Waals surface area contributed by atoms with Crippen LogP contribution in [-0.4, -0.2) is 15.7 Å². The van der Waals surface area contributed by atoms with Crippen molar-refractivity contribution in [1.29, 1.82) is 0 Å². The van der Waals surface area contributed by atoms with Gasteiger partial charge in [0.25, 0.3) is 5.91 Å². The summed E-state index contributed by atoms with van der Waals surface area (Å²) >= 11 is 0. The number of nitrogens with zero attached hydrogens (tertiary/aromatic N) is 2. The molecule has 27 heavy (non-hydrogen) atoms. The standard InChI is InChI=1S/C21H25N3O3/c1-14(2)18-7-5-15(3)11-20(18)26-13-17-6-8-19(27-17)21(25)22-12-16-9-10-24(4)23-16/h5-11,14H,12-13H2,1-4H3,(H,22,25). The van der Waals surface area contributed by atoms with Crippen molar-refractivity contribution in [2.45, 2.75) is 39.8 Å². The van der Waals surface area contributed by atoms with Crippen molar-refractivity contribution in [2.24, 2.45) is 7.05 Å². The highest BCUT2D eigenvalue weighted by Crippen LogP contribution is 2.28. The van der Waals surface area contributed by atoms with Crippen LogP contribution in [0.5, 0.6) is 5.75 Å². The number of carbonyl (C=O) groups excluding carboxylic acids is 1. The van der Waals surface area contributed by atoms with E-state index in [1.807, 2.05) is 32.3 Å². The zero-order valence-electron chi connectivity index (χ0n) is 16.2. The SMILES string of the molecule is Cc1ccc(C(C)C)c(OCc2ccc(C(=O)NCc3ccn(C)n3)o2)c1. The summed E-state index contributed by atoms with van der Waals surface area (Å²) in [5.41, 5.74) is 3.09. The van der Waals surface area contributed by atoms with E-state index >= 15 is 0 Å². The van der Waals surface area contributed by atoms with E-state index in [0.29, 0.717) is 18.2 Å². The molecule has 0 spiro atoms. The average molecular weight is 367 g/mol. The first kappa shape index (κ1) is 18.8. The summed E-state index contributed by atoms with van der Waals surface area (Å²) in [4.78, 5) is 12.2. The molecule has 2 aromatic heterocycles. The maximum absolute atomic E-state index is 12.2. The van der Waals surface area contributed by atoms with E-state index in [2.05, 4.69) is 36.4 Å². The van der Waals surface area contributed by atoms with Crippen molar-refractivity contribution >= 4 is 5.91 Å². The van der Waals surface area contributed by atoms with Gasteiger partial charge in [-0.3, -0.25) is 9.48 Å². The van der Waals surface area contributed by atoms with E-state index in [-0.39, 0.29) is 18.3 Å². The molecule has 0 radical (unpaired) electrons. The molecule has 3 aromatic rings. The third-order valence-electron chi connectivity index (χ3n) is 4.25. The minimum Gasteiger partial charge on any atom is -0.485 e. The van der Waals surface area contributed by atoms with E-state index in [9.17, 15) is 4.79 Å². The highest BCUT2D eigenvalue weighted by molar-refractivity contribution is 5.91. The van der Waals surface area contributed by atoms with Gasteiger partial charge in [0.05, 0.1) is 12.2 Å². The molecule has 1 aromatic carbocycles. The number of ether oxygens (including phenoxy) is 1. The highest BCUT2D eigenvalue weighted by atomic mass is 16.5. The van der Waals surface area contributed by atoms with Crippen LogP contribution in [0.1, 0.15) is 52.9 Å². The molecular weight excluding hydrogens is 342 g/mol. The summed E-state index contributed by atoms with van der Waals surface area (Å²) < 4.78 is 13.3. The minimum atomic E-state index is -0.273. The monoisotopic (exact) mass is 367 g/mol. The number of aryl methyl sites for hydroxylation is 2. The number of nitrogens with one attached hydrogen (secondary N) is 1. The van der Waals surface area contributed by atoms with Gasteiger partial charge in [-0.15, -0.1) is 0 Å². The summed E-state index contributed by atoms with van der Waals surface area (Å²) in [7, 11) is 1.84. The van der Waals surface area contributed by atoms with Crippen LogP contribution < -0.4 is 10.1 Å². The summed E-state index contributed by atoms with van der Waals surface area (Å²) in [6.45, 7) is 6.93. The summed E-state index contributed by atoms with van der Waals surface area (Å²) in [6.07, 6.45) is 1.83. The quantitative estimate of drug-likeness (QED) is 0.686. The molecule has 1 N–H and O–H groups in total.